The summed E-state index contributed by atoms with van der Waals surface area (Å²) in [7, 11) is 3.26. The molecule has 0 spiro atoms. The highest BCUT2D eigenvalue weighted by Gasteiger charge is 2.16. The van der Waals surface area contributed by atoms with Crippen molar-refractivity contribution >= 4 is 0 Å². The zero-order valence-corrected chi connectivity index (χ0v) is 12.8. The fourth-order valence-electron chi connectivity index (χ4n) is 2.49. The Balaban J connectivity index is 1.80. The molecule has 1 N–H and O–H groups in total. The predicted octanol–water partition coefficient (Wildman–Crippen LogP) is 1.83. The van der Waals surface area contributed by atoms with Gasteiger partial charge in [0.05, 0.1) is 20.3 Å². The number of nitrogens with zero attached hydrogens (tertiary/aromatic N) is 2. The molecule has 3 rings (SSSR count). The van der Waals surface area contributed by atoms with E-state index in [9.17, 15) is 0 Å². The predicted molar refractivity (Wildman–Crippen MR) is 84.3 cm³/mol. The van der Waals surface area contributed by atoms with Crippen LogP contribution < -0.4 is 14.8 Å². The number of hydrogen-bond donors (Lipinski definition) is 1. The van der Waals surface area contributed by atoms with Crippen LogP contribution in [0.2, 0.25) is 0 Å². The molecule has 1 fully saturated rings. The summed E-state index contributed by atoms with van der Waals surface area (Å²) < 4.78 is 12.5. The molecule has 1 aromatic carbocycles. The lowest BCUT2D eigenvalue weighted by Gasteiger charge is -2.07. The molecule has 1 aliphatic heterocycles. The molecule has 0 amide bonds. The third-order valence-electron chi connectivity index (χ3n) is 3.70. The fraction of sp³-hybridized carbons (Fsp3) is 0.353. The van der Waals surface area contributed by atoms with Gasteiger partial charge in [0.25, 0.3) is 0 Å². The van der Waals surface area contributed by atoms with Crippen LogP contribution in [0.15, 0.2) is 30.5 Å². The van der Waals surface area contributed by atoms with E-state index in [4.69, 9.17) is 9.47 Å². The van der Waals surface area contributed by atoms with E-state index in [1.54, 1.807) is 14.2 Å². The second-order valence-electron chi connectivity index (χ2n) is 5.18. The lowest BCUT2D eigenvalue weighted by atomic mass is 10.2. The second-order valence-corrected chi connectivity index (χ2v) is 5.18. The first kappa shape index (κ1) is 14.5. The Kier molecular flexibility index (Phi) is 4.31. The minimum Gasteiger partial charge on any atom is -0.497 e. The molecule has 1 saturated heterocycles. The van der Waals surface area contributed by atoms with Crippen molar-refractivity contribution in [3.05, 3.63) is 41.7 Å². The molecule has 2 heterocycles. The quantitative estimate of drug-likeness (QED) is 0.878. The first-order valence-corrected chi connectivity index (χ1v) is 7.29. The minimum atomic E-state index is 0.437. The largest absolute Gasteiger partial charge is 0.497 e. The number of ether oxygens (including phenoxy) is 2. The highest BCUT2D eigenvalue weighted by atomic mass is 16.5. The van der Waals surface area contributed by atoms with Crippen LogP contribution in [-0.2, 0) is 0 Å². The zero-order chi connectivity index (χ0) is 15.4. The van der Waals surface area contributed by atoms with E-state index in [1.807, 2.05) is 35.1 Å². The third-order valence-corrected chi connectivity index (χ3v) is 3.70. The van der Waals surface area contributed by atoms with E-state index in [-0.39, 0.29) is 0 Å². The molecule has 0 bridgehead atoms. The van der Waals surface area contributed by atoms with Gasteiger partial charge in [0.15, 0.2) is 0 Å². The van der Waals surface area contributed by atoms with Gasteiger partial charge < -0.3 is 14.8 Å². The van der Waals surface area contributed by atoms with Crippen molar-refractivity contribution in [3.63, 3.8) is 0 Å². The molecular weight excluding hydrogens is 278 g/mol. The van der Waals surface area contributed by atoms with E-state index in [0.29, 0.717) is 6.04 Å². The third kappa shape index (κ3) is 3.23. The Bertz CT molecular complexity index is 684. The molecule has 5 nitrogen and oxygen atoms in total. The molecule has 114 valence electrons. The number of benzene rings is 1. The number of rotatable bonds is 3. The minimum absolute atomic E-state index is 0.437. The summed E-state index contributed by atoms with van der Waals surface area (Å²) in [6, 6.07) is 7.98. The van der Waals surface area contributed by atoms with Crippen molar-refractivity contribution in [2.24, 2.45) is 0 Å². The maximum absolute atomic E-state index is 5.25. The first-order valence-electron chi connectivity index (χ1n) is 7.29. The average Bonchev–Trinajstić information content (AvgIpc) is 3.23. The van der Waals surface area contributed by atoms with Crippen LogP contribution in [0.4, 0.5) is 0 Å². The van der Waals surface area contributed by atoms with E-state index in [0.717, 1.165) is 42.3 Å². The van der Waals surface area contributed by atoms with Crippen LogP contribution in [0.5, 0.6) is 11.5 Å². The highest BCUT2D eigenvalue weighted by molar-refractivity contribution is 5.48. The van der Waals surface area contributed by atoms with Gasteiger partial charge in [-0.2, -0.15) is 5.10 Å². The van der Waals surface area contributed by atoms with Crippen LogP contribution in [0.25, 0.3) is 0 Å². The number of hydrogen-bond acceptors (Lipinski definition) is 4. The van der Waals surface area contributed by atoms with E-state index >= 15 is 0 Å². The molecule has 1 aromatic heterocycles. The second kappa shape index (κ2) is 6.54. The maximum atomic E-state index is 5.25. The van der Waals surface area contributed by atoms with Crippen LogP contribution in [0, 0.1) is 11.8 Å². The summed E-state index contributed by atoms with van der Waals surface area (Å²) in [6.07, 6.45) is 3.11. The zero-order valence-electron chi connectivity index (χ0n) is 12.8. The van der Waals surface area contributed by atoms with E-state index < -0.39 is 0 Å². The van der Waals surface area contributed by atoms with E-state index in [1.165, 1.54) is 0 Å². The molecule has 5 heteroatoms. The Hall–Kier alpha value is -2.45. The number of methoxy groups -OCH3 is 2. The van der Waals surface area contributed by atoms with Crippen LogP contribution in [0.3, 0.4) is 0 Å². The van der Waals surface area contributed by atoms with Gasteiger partial charge in [-0.1, -0.05) is 5.92 Å². The standard InChI is InChI=1S/C17H19N3O2/c1-21-16-9-13(10-17(11-16)22-2)3-4-14-6-8-20(19-14)15-5-7-18-12-15/h6,8-11,15,18H,5,7,12H2,1-2H3. The van der Waals surface area contributed by atoms with Gasteiger partial charge in [-0.05, 0) is 37.1 Å². The maximum Gasteiger partial charge on any atom is 0.135 e. The van der Waals surface area contributed by atoms with Crippen LogP contribution >= 0.6 is 0 Å². The van der Waals surface area contributed by atoms with Gasteiger partial charge in [-0.15, -0.1) is 0 Å². The van der Waals surface area contributed by atoms with Crippen molar-refractivity contribution in [3.8, 4) is 23.3 Å². The van der Waals surface area contributed by atoms with Crippen LogP contribution in [-0.4, -0.2) is 37.1 Å². The van der Waals surface area contributed by atoms with Gasteiger partial charge in [0.1, 0.15) is 17.2 Å². The van der Waals surface area contributed by atoms with E-state index in [2.05, 4.69) is 22.3 Å². The van der Waals surface area contributed by atoms with Crippen molar-refractivity contribution in [1.82, 2.24) is 15.1 Å². The normalized spacial score (nSPS) is 16.9. The Labute approximate surface area is 130 Å². The molecule has 22 heavy (non-hydrogen) atoms. The summed E-state index contributed by atoms with van der Waals surface area (Å²) in [4.78, 5) is 0. The lowest BCUT2D eigenvalue weighted by Crippen LogP contribution is -2.13. The van der Waals surface area contributed by atoms with Gasteiger partial charge in [-0.3, -0.25) is 4.68 Å². The van der Waals surface area contributed by atoms with Gasteiger partial charge in [0, 0.05) is 24.4 Å². The summed E-state index contributed by atoms with van der Waals surface area (Å²) in [6.45, 7) is 2.02. The lowest BCUT2D eigenvalue weighted by molar-refractivity contribution is 0.394. The monoisotopic (exact) mass is 297 g/mol. The molecule has 1 atom stereocenters. The molecule has 1 aliphatic rings. The van der Waals surface area contributed by atoms with Gasteiger partial charge in [0.2, 0.25) is 0 Å². The fourth-order valence-corrected chi connectivity index (χ4v) is 2.49. The Morgan fingerprint density at radius 3 is 2.59 bits per heavy atom. The molecule has 1 unspecified atom stereocenters. The summed E-state index contributed by atoms with van der Waals surface area (Å²) >= 11 is 0. The first-order chi connectivity index (χ1) is 10.8. The summed E-state index contributed by atoms with van der Waals surface area (Å²) in [5.74, 6) is 7.66. The van der Waals surface area contributed by atoms with Crippen LogP contribution in [0.1, 0.15) is 23.7 Å². The number of aromatic nitrogens is 2. The van der Waals surface area contributed by atoms with Crippen molar-refractivity contribution < 1.29 is 9.47 Å². The summed E-state index contributed by atoms with van der Waals surface area (Å²) in [5, 5.41) is 7.87. The molecule has 0 radical (unpaired) electrons. The highest BCUT2D eigenvalue weighted by Crippen LogP contribution is 2.22. The smallest absolute Gasteiger partial charge is 0.135 e. The average molecular weight is 297 g/mol. The van der Waals surface area contributed by atoms with Crippen molar-refractivity contribution in [2.45, 2.75) is 12.5 Å². The molecule has 2 aromatic rings. The van der Waals surface area contributed by atoms with Gasteiger partial charge >= 0.3 is 0 Å². The SMILES string of the molecule is COc1cc(C#Cc2ccn(C3CCNC3)n2)cc(OC)c1. The molecule has 0 saturated carbocycles. The summed E-state index contributed by atoms with van der Waals surface area (Å²) in [5.41, 5.74) is 1.61. The Morgan fingerprint density at radius 2 is 1.95 bits per heavy atom. The van der Waals surface area contributed by atoms with Crippen molar-refractivity contribution in [2.75, 3.05) is 27.3 Å². The Morgan fingerprint density at radius 1 is 1.18 bits per heavy atom. The molecule has 0 aliphatic carbocycles. The van der Waals surface area contributed by atoms with Crippen molar-refractivity contribution in [1.29, 1.82) is 0 Å². The number of nitrogens with one attached hydrogen (secondary N) is 1. The molecular formula is C17H19N3O2. The topological polar surface area (TPSA) is 48.3 Å². The van der Waals surface area contributed by atoms with Gasteiger partial charge in [-0.25, -0.2) is 0 Å².